The monoisotopic (exact) mass is 356 g/mol. The average molecular weight is 356 g/mol. The van der Waals surface area contributed by atoms with Gasteiger partial charge in [-0.05, 0) is 37.1 Å². The van der Waals surface area contributed by atoms with E-state index in [9.17, 15) is 4.79 Å². The number of nitrogens with one attached hydrogen (secondary N) is 1. The largest absolute Gasteiger partial charge is 0.497 e. The minimum absolute atomic E-state index is 0.134. The third kappa shape index (κ3) is 5.41. The molecule has 0 saturated carbocycles. The summed E-state index contributed by atoms with van der Waals surface area (Å²) in [5, 5.41) is 3.04. The number of benzene rings is 2. The van der Waals surface area contributed by atoms with Crippen molar-refractivity contribution in [3.8, 4) is 11.5 Å². The molecule has 0 radical (unpaired) electrons. The molecule has 2 amide bonds. The number of amides is 2. The highest BCUT2D eigenvalue weighted by atomic mass is 16.5. The van der Waals surface area contributed by atoms with Crippen LogP contribution >= 0.6 is 0 Å². The van der Waals surface area contributed by atoms with Gasteiger partial charge in [0.15, 0.2) is 0 Å². The van der Waals surface area contributed by atoms with Crippen LogP contribution in [0.2, 0.25) is 0 Å². The third-order valence-electron chi connectivity index (χ3n) is 4.09. The van der Waals surface area contributed by atoms with Crippen LogP contribution in [0.5, 0.6) is 11.5 Å². The topological polar surface area (TPSA) is 50.8 Å². The zero-order valence-corrected chi connectivity index (χ0v) is 16.0. The van der Waals surface area contributed by atoms with E-state index in [2.05, 4.69) is 12.2 Å². The molecule has 0 fully saturated rings. The van der Waals surface area contributed by atoms with Gasteiger partial charge in [0.25, 0.3) is 0 Å². The zero-order valence-electron chi connectivity index (χ0n) is 16.0. The molecular weight excluding hydrogens is 328 g/mol. The second-order valence-corrected chi connectivity index (χ2v) is 6.27. The van der Waals surface area contributed by atoms with Crippen molar-refractivity contribution in [3.05, 3.63) is 59.7 Å². The summed E-state index contributed by atoms with van der Waals surface area (Å²) in [6.45, 7) is 5.20. The molecule has 0 aliphatic rings. The number of para-hydroxylation sites is 1. The molecule has 0 bridgehead atoms. The Morgan fingerprint density at radius 1 is 1.19 bits per heavy atom. The number of rotatable bonds is 8. The summed E-state index contributed by atoms with van der Waals surface area (Å²) in [7, 11) is 3.41. The van der Waals surface area contributed by atoms with Gasteiger partial charge >= 0.3 is 6.03 Å². The Bertz CT molecular complexity index is 718. The predicted octanol–water partition coefficient (Wildman–Crippen LogP) is 4.39. The Balaban J connectivity index is 1.99. The molecule has 1 N–H and O–H groups in total. The van der Waals surface area contributed by atoms with Crippen molar-refractivity contribution in [2.75, 3.05) is 20.8 Å². The van der Waals surface area contributed by atoms with E-state index in [4.69, 9.17) is 9.47 Å². The SMILES string of the molecule is CCCOc1ccccc1[C@@H](C)NC(=O)N(C)Cc1cccc(OC)c1. The lowest BCUT2D eigenvalue weighted by molar-refractivity contribution is 0.203. The van der Waals surface area contributed by atoms with Gasteiger partial charge in [0.05, 0.1) is 19.8 Å². The van der Waals surface area contributed by atoms with E-state index in [1.54, 1.807) is 19.1 Å². The Morgan fingerprint density at radius 3 is 2.69 bits per heavy atom. The van der Waals surface area contributed by atoms with Gasteiger partial charge in [-0.15, -0.1) is 0 Å². The van der Waals surface area contributed by atoms with Gasteiger partial charge in [-0.3, -0.25) is 0 Å². The normalized spacial score (nSPS) is 11.5. The number of methoxy groups -OCH3 is 1. The van der Waals surface area contributed by atoms with Gasteiger partial charge in [-0.1, -0.05) is 37.3 Å². The molecule has 2 aromatic carbocycles. The first kappa shape index (κ1) is 19.6. The van der Waals surface area contributed by atoms with Crippen LogP contribution in [0.25, 0.3) is 0 Å². The molecule has 2 aromatic rings. The second kappa shape index (κ2) is 9.70. The molecule has 26 heavy (non-hydrogen) atoms. The van der Waals surface area contributed by atoms with Crippen molar-refractivity contribution in [2.24, 2.45) is 0 Å². The molecule has 140 valence electrons. The fourth-order valence-electron chi connectivity index (χ4n) is 2.67. The van der Waals surface area contributed by atoms with E-state index in [0.717, 1.165) is 29.0 Å². The van der Waals surface area contributed by atoms with Gasteiger partial charge in [0, 0.05) is 19.2 Å². The quantitative estimate of drug-likeness (QED) is 0.763. The predicted molar refractivity (Wildman–Crippen MR) is 104 cm³/mol. The molecule has 0 aromatic heterocycles. The highest BCUT2D eigenvalue weighted by Crippen LogP contribution is 2.25. The number of urea groups is 1. The molecule has 0 unspecified atom stereocenters. The second-order valence-electron chi connectivity index (χ2n) is 6.27. The molecule has 5 heteroatoms. The smallest absolute Gasteiger partial charge is 0.317 e. The van der Waals surface area contributed by atoms with Crippen molar-refractivity contribution in [1.29, 1.82) is 0 Å². The summed E-state index contributed by atoms with van der Waals surface area (Å²) in [5.74, 6) is 1.60. The van der Waals surface area contributed by atoms with Crippen LogP contribution in [-0.4, -0.2) is 31.7 Å². The Kier molecular flexibility index (Phi) is 7.33. The first-order valence-electron chi connectivity index (χ1n) is 8.91. The maximum atomic E-state index is 12.6. The van der Waals surface area contributed by atoms with Gasteiger partial charge < -0.3 is 19.7 Å². The summed E-state index contributed by atoms with van der Waals surface area (Å²) < 4.78 is 11.0. The molecule has 1 atom stereocenters. The van der Waals surface area contributed by atoms with E-state index in [0.29, 0.717) is 13.2 Å². The van der Waals surface area contributed by atoms with Crippen LogP contribution in [-0.2, 0) is 6.54 Å². The van der Waals surface area contributed by atoms with E-state index in [1.165, 1.54) is 0 Å². The maximum absolute atomic E-state index is 12.6. The summed E-state index contributed by atoms with van der Waals surface area (Å²) >= 11 is 0. The molecule has 0 aliphatic carbocycles. The summed E-state index contributed by atoms with van der Waals surface area (Å²) in [5.41, 5.74) is 1.99. The van der Waals surface area contributed by atoms with E-state index in [1.807, 2.05) is 55.5 Å². The summed E-state index contributed by atoms with van der Waals surface area (Å²) in [4.78, 5) is 14.2. The van der Waals surface area contributed by atoms with Crippen molar-refractivity contribution in [1.82, 2.24) is 10.2 Å². The van der Waals surface area contributed by atoms with Crippen LogP contribution in [0.15, 0.2) is 48.5 Å². The van der Waals surface area contributed by atoms with Crippen LogP contribution in [0.1, 0.15) is 37.4 Å². The Hall–Kier alpha value is -2.69. The highest BCUT2D eigenvalue weighted by Gasteiger charge is 2.16. The van der Waals surface area contributed by atoms with Crippen LogP contribution < -0.4 is 14.8 Å². The number of nitrogens with zero attached hydrogens (tertiary/aromatic N) is 1. The average Bonchev–Trinajstić information content (AvgIpc) is 2.66. The van der Waals surface area contributed by atoms with Crippen molar-refractivity contribution in [2.45, 2.75) is 32.9 Å². The molecule has 2 rings (SSSR count). The van der Waals surface area contributed by atoms with Crippen molar-refractivity contribution >= 4 is 6.03 Å². The number of hydrogen-bond acceptors (Lipinski definition) is 3. The molecule has 0 spiro atoms. The lowest BCUT2D eigenvalue weighted by atomic mass is 10.1. The maximum Gasteiger partial charge on any atom is 0.317 e. The van der Waals surface area contributed by atoms with Crippen molar-refractivity contribution in [3.63, 3.8) is 0 Å². The minimum atomic E-state index is -0.150. The van der Waals surface area contributed by atoms with Gasteiger partial charge in [-0.25, -0.2) is 4.79 Å². The Morgan fingerprint density at radius 2 is 1.96 bits per heavy atom. The van der Waals surface area contributed by atoms with E-state index < -0.39 is 0 Å². The minimum Gasteiger partial charge on any atom is -0.497 e. The molecular formula is C21H28N2O3. The first-order chi connectivity index (χ1) is 12.5. The highest BCUT2D eigenvalue weighted by molar-refractivity contribution is 5.74. The molecule has 0 saturated heterocycles. The molecule has 0 aliphatic heterocycles. The van der Waals surface area contributed by atoms with Crippen LogP contribution in [0, 0.1) is 0 Å². The fourth-order valence-corrected chi connectivity index (χ4v) is 2.67. The molecule has 0 heterocycles. The number of carbonyl (C=O) groups is 1. The zero-order chi connectivity index (χ0) is 18.9. The summed E-state index contributed by atoms with van der Waals surface area (Å²) in [6.07, 6.45) is 0.943. The van der Waals surface area contributed by atoms with Crippen LogP contribution in [0.3, 0.4) is 0 Å². The van der Waals surface area contributed by atoms with Gasteiger partial charge in [-0.2, -0.15) is 0 Å². The lowest BCUT2D eigenvalue weighted by Crippen LogP contribution is -2.38. The third-order valence-corrected chi connectivity index (χ3v) is 4.09. The fraction of sp³-hybridized carbons (Fsp3) is 0.381. The van der Waals surface area contributed by atoms with E-state index >= 15 is 0 Å². The first-order valence-corrected chi connectivity index (χ1v) is 8.91. The Labute approximate surface area is 155 Å². The molecule has 5 nitrogen and oxygen atoms in total. The standard InChI is InChI=1S/C21H28N2O3/c1-5-13-26-20-12-7-6-11-19(20)16(2)22-21(24)23(3)15-17-9-8-10-18(14-17)25-4/h6-12,14,16H,5,13,15H2,1-4H3,(H,22,24)/t16-/m1/s1. The van der Waals surface area contributed by atoms with Crippen LogP contribution in [0.4, 0.5) is 4.79 Å². The number of carbonyl (C=O) groups excluding carboxylic acids is 1. The van der Waals surface area contributed by atoms with Crippen molar-refractivity contribution < 1.29 is 14.3 Å². The number of ether oxygens (including phenoxy) is 2. The van der Waals surface area contributed by atoms with E-state index in [-0.39, 0.29) is 12.1 Å². The van der Waals surface area contributed by atoms with Gasteiger partial charge in [0.1, 0.15) is 11.5 Å². The lowest BCUT2D eigenvalue weighted by Gasteiger charge is -2.23. The van der Waals surface area contributed by atoms with Gasteiger partial charge in [0.2, 0.25) is 0 Å². The number of hydrogen-bond donors (Lipinski definition) is 1. The summed E-state index contributed by atoms with van der Waals surface area (Å²) in [6, 6.07) is 15.3.